The fourth-order valence-electron chi connectivity index (χ4n) is 3.80. The number of ketones is 1. The first-order valence-corrected chi connectivity index (χ1v) is 9.75. The van der Waals surface area contributed by atoms with Crippen LogP contribution in [0, 0.1) is 0 Å². The zero-order valence-electron chi connectivity index (χ0n) is 16.5. The number of aromatic nitrogens is 3. The number of primary amides is 2. The Morgan fingerprint density at radius 3 is 2.60 bits per heavy atom. The predicted molar refractivity (Wildman–Crippen MR) is 107 cm³/mol. The van der Waals surface area contributed by atoms with E-state index >= 15 is 0 Å². The quantitative estimate of drug-likeness (QED) is 0.478. The van der Waals surface area contributed by atoms with Crippen molar-refractivity contribution in [3.63, 3.8) is 0 Å². The molecule has 6 N–H and O–H groups in total. The highest BCUT2D eigenvalue weighted by Crippen LogP contribution is 2.35. The number of anilines is 1. The highest BCUT2D eigenvalue weighted by atomic mass is 16.7. The van der Waals surface area contributed by atoms with Gasteiger partial charge in [0.15, 0.2) is 5.65 Å². The molecular weight excluding hydrogens is 390 g/mol. The van der Waals surface area contributed by atoms with Gasteiger partial charge in [-0.1, -0.05) is 0 Å². The van der Waals surface area contributed by atoms with Crippen LogP contribution < -0.4 is 22.3 Å². The smallest absolute Gasteiger partial charge is 0.271 e. The fourth-order valence-corrected chi connectivity index (χ4v) is 3.80. The van der Waals surface area contributed by atoms with Gasteiger partial charge in [-0.05, 0) is 25.8 Å². The van der Waals surface area contributed by atoms with Crippen molar-refractivity contribution in [1.29, 1.82) is 0 Å². The molecule has 2 amide bonds. The number of nitrogens with zero attached hydrogens (tertiary/aromatic N) is 3. The number of hydroxylamine groups is 1. The zero-order chi connectivity index (χ0) is 21.5. The third kappa shape index (κ3) is 3.16. The molecule has 158 valence electrons. The number of nitrogens with two attached hydrogens (primary N) is 2. The first-order valence-electron chi connectivity index (χ1n) is 9.75. The van der Waals surface area contributed by atoms with Gasteiger partial charge >= 0.3 is 0 Å². The number of carbonyl (C=O) groups is 3. The van der Waals surface area contributed by atoms with Crippen molar-refractivity contribution >= 4 is 40.0 Å². The third-order valence-corrected chi connectivity index (χ3v) is 5.55. The van der Waals surface area contributed by atoms with Crippen molar-refractivity contribution in [3.8, 4) is 0 Å². The maximum absolute atomic E-state index is 11.9. The number of hydrogen-bond acceptors (Lipinski definition) is 8. The molecule has 11 heteroatoms. The number of amides is 2. The van der Waals surface area contributed by atoms with Crippen molar-refractivity contribution in [2.24, 2.45) is 11.5 Å². The molecule has 0 spiro atoms. The van der Waals surface area contributed by atoms with Crippen LogP contribution in [-0.4, -0.2) is 44.0 Å². The minimum atomic E-state index is -2.09. The number of carbonyl (C=O) groups excluding carboxylic acids is 3. The maximum atomic E-state index is 11.9. The molecule has 1 fully saturated rings. The summed E-state index contributed by atoms with van der Waals surface area (Å²) in [5.74, 6) is -1.79. The maximum Gasteiger partial charge on any atom is 0.271 e. The van der Waals surface area contributed by atoms with Gasteiger partial charge in [-0.15, -0.1) is 0 Å². The van der Waals surface area contributed by atoms with E-state index in [1.54, 1.807) is 17.1 Å². The SMILES string of the molecule is CCn1ncc2c(NC3CCC(=O)CC3)c(C3=CC(C(N)=O)(C(N)=O)ON3)cnc21. The van der Waals surface area contributed by atoms with E-state index in [4.69, 9.17) is 16.3 Å². The van der Waals surface area contributed by atoms with Gasteiger partial charge in [0, 0.05) is 37.2 Å². The Hall–Kier alpha value is -3.47. The van der Waals surface area contributed by atoms with E-state index in [9.17, 15) is 14.4 Å². The van der Waals surface area contributed by atoms with Crippen LogP contribution in [0.3, 0.4) is 0 Å². The summed E-state index contributed by atoms with van der Waals surface area (Å²) in [4.78, 5) is 45.1. The minimum absolute atomic E-state index is 0.0805. The van der Waals surface area contributed by atoms with E-state index in [0.29, 0.717) is 54.8 Å². The van der Waals surface area contributed by atoms with Crippen LogP contribution in [-0.2, 0) is 25.8 Å². The second kappa shape index (κ2) is 7.41. The van der Waals surface area contributed by atoms with Crippen molar-refractivity contribution in [3.05, 3.63) is 24.0 Å². The Balaban J connectivity index is 1.80. The number of nitrogens with one attached hydrogen (secondary N) is 2. The molecular formula is C19H23N7O4. The van der Waals surface area contributed by atoms with Crippen molar-refractivity contribution in [2.45, 2.75) is 50.8 Å². The molecule has 0 bridgehead atoms. The van der Waals surface area contributed by atoms with Crippen molar-refractivity contribution < 1.29 is 19.2 Å². The molecule has 0 radical (unpaired) electrons. The van der Waals surface area contributed by atoms with Crippen LogP contribution in [0.5, 0.6) is 0 Å². The molecule has 2 aliphatic rings. The van der Waals surface area contributed by atoms with E-state index in [1.807, 2.05) is 6.92 Å². The molecule has 1 saturated carbocycles. The van der Waals surface area contributed by atoms with Gasteiger partial charge in [0.25, 0.3) is 17.4 Å². The van der Waals surface area contributed by atoms with Gasteiger partial charge < -0.3 is 16.8 Å². The van der Waals surface area contributed by atoms with E-state index in [0.717, 1.165) is 5.39 Å². The molecule has 30 heavy (non-hydrogen) atoms. The predicted octanol–water partition coefficient (Wildman–Crippen LogP) is -0.0401. The van der Waals surface area contributed by atoms with Gasteiger partial charge in [0.2, 0.25) is 0 Å². The number of aryl methyl sites for hydroxylation is 1. The van der Waals surface area contributed by atoms with Gasteiger partial charge in [0.1, 0.15) is 5.78 Å². The number of hydrogen-bond donors (Lipinski definition) is 4. The molecule has 4 rings (SSSR count). The lowest BCUT2D eigenvalue weighted by atomic mass is 9.93. The third-order valence-electron chi connectivity index (χ3n) is 5.55. The highest BCUT2D eigenvalue weighted by Gasteiger charge is 2.48. The Bertz CT molecular complexity index is 1050. The summed E-state index contributed by atoms with van der Waals surface area (Å²) in [7, 11) is 0. The van der Waals surface area contributed by atoms with E-state index in [2.05, 4.69) is 20.9 Å². The van der Waals surface area contributed by atoms with Gasteiger partial charge in [-0.25, -0.2) is 14.5 Å². The summed E-state index contributed by atoms with van der Waals surface area (Å²) in [6, 6.07) is 0.0805. The lowest BCUT2D eigenvalue weighted by Gasteiger charge is -2.25. The molecule has 1 aliphatic carbocycles. The van der Waals surface area contributed by atoms with Gasteiger partial charge in [-0.3, -0.25) is 19.9 Å². The number of rotatable bonds is 6. The molecule has 11 nitrogen and oxygen atoms in total. The van der Waals surface area contributed by atoms with Crippen LogP contribution in [0.15, 0.2) is 18.5 Å². The lowest BCUT2D eigenvalue weighted by molar-refractivity contribution is -0.153. The molecule has 2 aromatic rings. The standard InChI is InChI=1S/C19H23N7O4/c1-2-26-16-13(9-23-26)15(24-10-3-5-11(27)6-4-10)12(8-22-16)14-7-19(17(20)28,18(21)29)30-25-14/h7-10,25H,2-6H2,1H3,(H2,20,28)(H2,21,29)(H,22,24). The number of fused-ring (bicyclic) bond motifs is 1. The molecule has 1 aliphatic heterocycles. The van der Waals surface area contributed by atoms with E-state index in [-0.39, 0.29) is 11.8 Å². The Kier molecular flexibility index (Phi) is 4.90. The van der Waals surface area contributed by atoms with Crippen LogP contribution in [0.4, 0.5) is 5.69 Å². The summed E-state index contributed by atoms with van der Waals surface area (Å²) in [6.45, 7) is 2.61. The topological polar surface area (TPSA) is 167 Å². The Morgan fingerprint density at radius 2 is 2.00 bits per heavy atom. The van der Waals surface area contributed by atoms with Crippen LogP contribution in [0.1, 0.15) is 38.2 Å². The van der Waals surface area contributed by atoms with Crippen LogP contribution >= 0.6 is 0 Å². The summed E-state index contributed by atoms with van der Waals surface area (Å²) >= 11 is 0. The summed E-state index contributed by atoms with van der Waals surface area (Å²) in [5, 5.41) is 8.64. The molecule has 0 saturated heterocycles. The summed E-state index contributed by atoms with van der Waals surface area (Å²) < 4.78 is 1.76. The normalized spacial score (nSPS) is 18.8. The number of Topliss-reactive ketones (excluding diaryl/α,β-unsaturated/α-hetero) is 1. The van der Waals surface area contributed by atoms with Gasteiger partial charge in [0.05, 0.1) is 23.0 Å². The average Bonchev–Trinajstić information content (AvgIpc) is 3.35. The molecule has 3 heterocycles. The fraction of sp³-hybridized carbons (Fsp3) is 0.421. The first kappa shape index (κ1) is 19.8. The Morgan fingerprint density at radius 1 is 1.30 bits per heavy atom. The zero-order valence-corrected chi connectivity index (χ0v) is 16.5. The van der Waals surface area contributed by atoms with Crippen molar-refractivity contribution in [2.75, 3.05) is 5.32 Å². The molecule has 0 atom stereocenters. The lowest BCUT2D eigenvalue weighted by Crippen LogP contribution is -2.54. The largest absolute Gasteiger partial charge is 0.381 e. The first-order chi connectivity index (χ1) is 14.4. The number of pyridine rings is 1. The Labute approximate surface area is 171 Å². The minimum Gasteiger partial charge on any atom is -0.381 e. The average molecular weight is 413 g/mol. The molecule has 2 aromatic heterocycles. The van der Waals surface area contributed by atoms with E-state index in [1.165, 1.54) is 6.08 Å². The van der Waals surface area contributed by atoms with Crippen LogP contribution in [0.25, 0.3) is 16.7 Å². The van der Waals surface area contributed by atoms with Crippen molar-refractivity contribution in [1.82, 2.24) is 20.2 Å². The monoisotopic (exact) mass is 413 g/mol. The molecule has 0 aromatic carbocycles. The van der Waals surface area contributed by atoms with E-state index < -0.39 is 17.4 Å². The summed E-state index contributed by atoms with van der Waals surface area (Å²) in [5.41, 5.74) is 13.5. The molecule has 0 unspecified atom stereocenters. The van der Waals surface area contributed by atoms with Crippen LogP contribution in [0.2, 0.25) is 0 Å². The second-order valence-electron chi connectivity index (χ2n) is 7.43. The highest BCUT2D eigenvalue weighted by molar-refractivity contribution is 6.11. The second-order valence-corrected chi connectivity index (χ2v) is 7.43. The van der Waals surface area contributed by atoms with Gasteiger partial charge in [-0.2, -0.15) is 5.10 Å². The summed E-state index contributed by atoms with van der Waals surface area (Å²) in [6.07, 6.45) is 7.03.